The Kier molecular flexibility index (Phi) is 1.18. The molecule has 0 spiro atoms. The Labute approximate surface area is 52.0 Å². The van der Waals surface area contributed by atoms with Crippen LogP contribution in [0.4, 0.5) is 0 Å². The van der Waals surface area contributed by atoms with Gasteiger partial charge in [-0.1, -0.05) is 6.58 Å². The van der Waals surface area contributed by atoms with Crippen molar-refractivity contribution in [2.75, 3.05) is 0 Å². The summed E-state index contributed by atoms with van der Waals surface area (Å²) < 4.78 is 0. The van der Waals surface area contributed by atoms with Crippen LogP contribution in [-0.2, 0) is 4.79 Å². The molecule has 0 fully saturated rings. The lowest BCUT2D eigenvalue weighted by Gasteiger charge is -2.01. The van der Waals surface area contributed by atoms with Crippen molar-refractivity contribution in [3.8, 4) is 0 Å². The summed E-state index contributed by atoms with van der Waals surface area (Å²) in [4.78, 5) is 13.9. The average Bonchev–Trinajstić information content (AvgIpc) is 2.15. The van der Waals surface area contributed by atoms with Gasteiger partial charge in [0.1, 0.15) is 0 Å². The lowest BCUT2D eigenvalue weighted by Crippen LogP contribution is -2.13. The van der Waals surface area contributed by atoms with E-state index >= 15 is 0 Å². The van der Waals surface area contributed by atoms with Crippen LogP contribution in [0.25, 0.3) is 0 Å². The predicted octanol–water partition coefficient (Wildman–Crippen LogP) is -0.602. The van der Waals surface area contributed by atoms with Gasteiger partial charge in [0.15, 0.2) is 5.78 Å². The van der Waals surface area contributed by atoms with E-state index in [0.29, 0.717) is 0 Å². The first-order valence-corrected chi connectivity index (χ1v) is 2.38. The number of hydrogen-bond donors (Lipinski definition) is 0. The Balaban J connectivity index is 3.05. The Hall–Kier alpha value is -1.38. The quantitative estimate of drug-likeness (QED) is 0.466. The van der Waals surface area contributed by atoms with Crippen molar-refractivity contribution in [3.05, 3.63) is 24.1 Å². The van der Waals surface area contributed by atoms with E-state index in [1.165, 1.54) is 6.08 Å². The van der Waals surface area contributed by atoms with E-state index in [1.54, 1.807) is 0 Å². The number of rotatable bonds is 1. The summed E-state index contributed by atoms with van der Waals surface area (Å²) in [5.74, 6) is -1.13. The first kappa shape index (κ1) is 5.75. The molecule has 0 amide bonds. The van der Waals surface area contributed by atoms with Gasteiger partial charge in [-0.3, -0.25) is 9.79 Å². The van der Waals surface area contributed by atoms with E-state index in [-0.39, 0.29) is 5.70 Å². The lowest BCUT2D eigenvalue weighted by molar-refractivity contribution is -0.297. The van der Waals surface area contributed by atoms with Gasteiger partial charge in [-0.2, -0.15) is 0 Å². The molecular formula is C6H4NO2-. The molecule has 0 bridgehead atoms. The van der Waals surface area contributed by atoms with Crippen molar-refractivity contribution >= 4 is 12.0 Å². The standard InChI is InChI=1S/C6H5NO2/c1-2-4-6(9)5(8)3-7-4/h2-3H,1H2,(H,8,9)/p-1. The summed E-state index contributed by atoms with van der Waals surface area (Å²) in [6.07, 6.45) is 2.27. The number of ketones is 1. The molecule has 3 heteroatoms. The van der Waals surface area contributed by atoms with E-state index in [0.717, 1.165) is 6.21 Å². The van der Waals surface area contributed by atoms with Gasteiger partial charge < -0.3 is 5.11 Å². The molecule has 9 heavy (non-hydrogen) atoms. The van der Waals surface area contributed by atoms with Gasteiger partial charge in [0.25, 0.3) is 0 Å². The minimum atomic E-state index is -0.565. The maximum Gasteiger partial charge on any atom is 0.191 e. The molecule has 0 unspecified atom stereocenters. The second kappa shape index (κ2) is 1.85. The number of hydrogen-bond acceptors (Lipinski definition) is 3. The molecule has 0 aromatic heterocycles. The number of carbonyl (C=O) groups excluding carboxylic acids is 1. The molecule has 0 saturated heterocycles. The zero-order valence-corrected chi connectivity index (χ0v) is 4.63. The fourth-order valence-corrected chi connectivity index (χ4v) is 0.517. The van der Waals surface area contributed by atoms with E-state index in [4.69, 9.17) is 0 Å². The molecule has 46 valence electrons. The van der Waals surface area contributed by atoms with Crippen molar-refractivity contribution in [1.29, 1.82) is 0 Å². The number of allylic oxidation sites excluding steroid dienone is 2. The van der Waals surface area contributed by atoms with Crippen LogP contribution in [0.5, 0.6) is 0 Å². The van der Waals surface area contributed by atoms with Crippen LogP contribution in [-0.4, -0.2) is 12.0 Å². The molecule has 1 heterocycles. The molecule has 0 saturated carbocycles. The fourth-order valence-electron chi connectivity index (χ4n) is 0.517. The molecule has 0 N–H and O–H groups in total. The molecule has 0 aromatic carbocycles. The molecule has 3 nitrogen and oxygen atoms in total. The Morgan fingerprint density at radius 2 is 2.44 bits per heavy atom. The highest BCUT2D eigenvalue weighted by Gasteiger charge is 2.05. The SMILES string of the molecule is C=CC1=C([O-])C(=O)C=N1. The van der Waals surface area contributed by atoms with Crippen molar-refractivity contribution in [3.63, 3.8) is 0 Å². The van der Waals surface area contributed by atoms with Gasteiger partial charge >= 0.3 is 0 Å². The van der Waals surface area contributed by atoms with Gasteiger partial charge in [-0.05, 0) is 11.8 Å². The second-order valence-corrected chi connectivity index (χ2v) is 1.54. The summed E-state index contributed by atoms with van der Waals surface area (Å²) in [7, 11) is 0. The fraction of sp³-hybridized carbons (Fsp3) is 0. The molecule has 1 rings (SSSR count). The summed E-state index contributed by atoms with van der Waals surface area (Å²) in [6.45, 7) is 3.30. The van der Waals surface area contributed by atoms with Gasteiger partial charge in [-0.15, -0.1) is 0 Å². The van der Waals surface area contributed by atoms with E-state index in [9.17, 15) is 9.90 Å². The zero-order valence-electron chi connectivity index (χ0n) is 4.63. The van der Waals surface area contributed by atoms with E-state index < -0.39 is 11.5 Å². The second-order valence-electron chi connectivity index (χ2n) is 1.54. The van der Waals surface area contributed by atoms with Crippen molar-refractivity contribution in [2.45, 2.75) is 0 Å². The third-order valence-electron chi connectivity index (χ3n) is 0.971. The van der Waals surface area contributed by atoms with Crippen molar-refractivity contribution in [1.82, 2.24) is 0 Å². The van der Waals surface area contributed by atoms with Gasteiger partial charge in [0.05, 0.1) is 11.9 Å². The molecule has 0 atom stereocenters. The Morgan fingerprint density at radius 1 is 1.78 bits per heavy atom. The van der Waals surface area contributed by atoms with Crippen molar-refractivity contribution in [2.24, 2.45) is 4.99 Å². The summed E-state index contributed by atoms with van der Waals surface area (Å²) in [5, 5.41) is 10.6. The summed E-state index contributed by atoms with van der Waals surface area (Å²) >= 11 is 0. The van der Waals surface area contributed by atoms with Crippen LogP contribution < -0.4 is 5.11 Å². The number of Topliss-reactive ketones (excluding diaryl/α,β-unsaturated/α-hetero) is 1. The first-order valence-electron chi connectivity index (χ1n) is 2.38. The maximum atomic E-state index is 10.6. The van der Waals surface area contributed by atoms with Crippen molar-refractivity contribution < 1.29 is 9.90 Å². The third-order valence-corrected chi connectivity index (χ3v) is 0.971. The maximum absolute atomic E-state index is 10.6. The van der Waals surface area contributed by atoms with E-state index in [1.807, 2.05) is 0 Å². The van der Waals surface area contributed by atoms with E-state index in [2.05, 4.69) is 11.6 Å². The number of nitrogens with zero attached hydrogens (tertiary/aromatic N) is 1. The highest BCUT2D eigenvalue weighted by molar-refractivity contribution is 6.36. The number of aliphatic imine (C=N–C) groups is 1. The van der Waals surface area contributed by atoms with Gasteiger partial charge in [0.2, 0.25) is 0 Å². The zero-order chi connectivity index (χ0) is 6.85. The van der Waals surface area contributed by atoms with Gasteiger partial charge in [-0.25, -0.2) is 0 Å². The van der Waals surface area contributed by atoms with Crippen LogP contribution in [0.3, 0.4) is 0 Å². The Morgan fingerprint density at radius 3 is 2.67 bits per heavy atom. The lowest BCUT2D eigenvalue weighted by atomic mass is 10.3. The molecule has 1 aliphatic rings. The highest BCUT2D eigenvalue weighted by atomic mass is 16.3. The molecule has 1 aliphatic heterocycles. The van der Waals surface area contributed by atoms with Crippen LogP contribution in [0.2, 0.25) is 0 Å². The predicted molar refractivity (Wildman–Crippen MR) is 30.7 cm³/mol. The minimum absolute atomic E-state index is 0.139. The topological polar surface area (TPSA) is 52.5 Å². The summed E-state index contributed by atoms with van der Waals surface area (Å²) in [6, 6.07) is 0. The van der Waals surface area contributed by atoms with Crippen LogP contribution in [0.15, 0.2) is 29.1 Å². The smallest absolute Gasteiger partial charge is 0.191 e. The van der Waals surface area contributed by atoms with Gasteiger partial charge in [0, 0.05) is 0 Å². The third kappa shape index (κ3) is 0.762. The number of carbonyl (C=O) groups is 1. The molecule has 0 radical (unpaired) electrons. The summed E-state index contributed by atoms with van der Waals surface area (Å²) in [5.41, 5.74) is 0.139. The minimum Gasteiger partial charge on any atom is -0.868 e. The molecule has 0 aromatic rings. The van der Waals surface area contributed by atoms with Crippen LogP contribution in [0.1, 0.15) is 0 Å². The highest BCUT2D eigenvalue weighted by Crippen LogP contribution is 2.07. The van der Waals surface area contributed by atoms with Crippen LogP contribution in [0, 0.1) is 0 Å². The Bertz CT molecular complexity index is 225. The molecule has 0 aliphatic carbocycles. The monoisotopic (exact) mass is 122 g/mol. The molecular weight excluding hydrogens is 118 g/mol. The normalized spacial score (nSPS) is 17.1. The first-order chi connectivity index (χ1) is 4.25. The van der Waals surface area contributed by atoms with Crippen LogP contribution >= 0.6 is 0 Å². The average molecular weight is 122 g/mol. The largest absolute Gasteiger partial charge is 0.868 e.